The first-order chi connectivity index (χ1) is 16.6. The van der Waals surface area contributed by atoms with Crippen LogP contribution in [0.15, 0.2) is 36.4 Å². The van der Waals surface area contributed by atoms with Crippen LogP contribution < -0.4 is 15.0 Å². The molecule has 0 bridgehead atoms. The standard InChI is InChI=1S/C28H37N3O3/c1-30-13-11-20(12-14-30)24-9-10-27(33-2)25-8-5-22(19-26(24)25)29-28(32)21-3-6-23(7-4-21)31-15-17-34-18-16-31/h3-4,6-7,9-10,20,22H,5,8,11-19H2,1-2H3,(H,29,32). The SMILES string of the molecule is COc1ccc(C2CCN(C)CC2)c2c1CCC(NC(=O)c1ccc(N3CCOCC3)cc1)C2. The Hall–Kier alpha value is -2.57. The number of fused-ring (bicyclic) bond motifs is 1. The third-order valence-electron chi connectivity index (χ3n) is 7.84. The number of methoxy groups -OCH3 is 1. The maximum Gasteiger partial charge on any atom is 0.251 e. The van der Waals surface area contributed by atoms with Crippen molar-refractivity contribution < 1.29 is 14.3 Å². The summed E-state index contributed by atoms with van der Waals surface area (Å²) in [7, 11) is 3.97. The summed E-state index contributed by atoms with van der Waals surface area (Å²) in [6.07, 6.45) is 5.16. The van der Waals surface area contributed by atoms with Crippen LogP contribution in [-0.2, 0) is 17.6 Å². The lowest BCUT2D eigenvalue weighted by atomic mass is 9.78. The number of amides is 1. The average Bonchev–Trinajstić information content (AvgIpc) is 2.89. The zero-order valence-corrected chi connectivity index (χ0v) is 20.5. The highest BCUT2D eigenvalue weighted by atomic mass is 16.5. The van der Waals surface area contributed by atoms with E-state index in [4.69, 9.17) is 9.47 Å². The van der Waals surface area contributed by atoms with Crippen molar-refractivity contribution in [3.05, 3.63) is 58.7 Å². The van der Waals surface area contributed by atoms with Crippen molar-refractivity contribution in [3.8, 4) is 5.75 Å². The van der Waals surface area contributed by atoms with Gasteiger partial charge in [0.2, 0.25) is 0 Å². The molecular weight excluding hydrogens is 426 g/mol. The Morgan fingerprint density at radius 3 is 2.41 bits per heavy atom. The second kappa shape index (κ2) is 10.4. The van der Waals surface area contributed by atoms with Crippen LogP contribution in [0.25, 0.3) is 0 Å². The van der Waals surface area contributed by atoms with Gasteiger partial charge in [-0.2, -0.15) is 0 Å². The molecule has 0 spiro atoms. The van der Waals surface area contributed by atoms with E-state index >= 15 is 0 Å². The van der Waals surface area contributed by atoms with E-state index in [9.17, 15) is 4.79 Å². The zero-order chi connectivity index (χ0) is 23.5. The van der Waals surface area contributed by atoms with Crippen LogP contribution in [0.2, 0.25) is 0 Å². The summed E-state index contributed by atoms with van der Waals surface area (Å²) in [6.45, 7) is 5.61. The van der Waals surface area contributed by atoms with E-state index in [1.807, 2.05) is 12.1 Å². The predicted molar refractivity (Wildman–Crippen MR) is 135 cm³/mol. The third kappa shape index (κ3) is 4.93. The van der Waals surface area contributed by atoms with Gasteiger partial charge in [-0.05, 0) is 105 Å². The Labute approximate surface area is 203 Å². The maximum atomic E-state index is 13.1. The normalized spacial score (nSPS) is 21.7. The van der Waals surface area contributed by atoms with Gasteiger partial charge in [0.15, 0.2) is 0 Å². The highest BCUT2D eigenvalue weighted by molar-refractivity contribution is 5.94. The molecule has 2 saturated heterocycles. The minimum atomic E-state index is 0.0192. The molecule has 1 aliphatic carbocycles. The molecule has 1 N–H and O–H groups in total. The number of morpholine rings is 1. The summed E-state index contributed by atoms with van der Waals surface area (Å²) < 4.78 is 11.2. The van der Waals surface area contributed by atoms with Gasteiger partial charge in [0.1, 0.15) is 5.75 Å². The molecule has 0 saturated carbocycles. The molecule has 2 aromatic carbocycles. The van der Waals surface area contributed by atoms with Gasteiger partial charge in [0.05, 0.1) is 20.3 Å². The molecule has 2 aliphatic heterocycles. The lowest BCUT2D eigenvalue weighted by molar-refractivity contribution is 0.0933. The summed E-state index contributed by atoms with van der Waals surface area (Å²) in [6, 6.07) is 12.6. The Morgan fingerprint density at radius 1 is 0.971 bits per heavy atom. The van der Waals surface area contributed by atoms with Crippen molar-refractivity contribution in [3.63, 3.8) is 0 Å². The number of carbonyl (C=O) groups excluding carboxylic acids is 1. The fourth-order valence-electron chi connectivity index (χ4n) is 5.80. The van der Waals surface area contributed by atoms with Gasteiger partial charge in [0.25, 0.3) is 5.91 Å². The quantitative estimate of drug-likeness (QED) is 0.734. The van der Waals surface area contributed by atoms with Gasteiger partial charge in [-0.1, -0.05) is 6.07 Å². The number of carbonyl (C=O) groups is 1. The maximum absolute atomic E-state index is 13.1. The first-order valence-corrected chi connectivity index (χ1v) is 12.7. The van der Waals surface area contributed by atoms with E-state index in [1.165, 1.54) is 29.5 Å². The lowest BCUT2D eigenvalue weighted by Crippen LogP contribution is -2.39. The first kappa shape index (κ1) is 23.2. The second-order valence-electron chi connectivity index (χ2n) is 9.95. The Balaban J connectivity index is 1.29. The van der Waals surface area contributed by atoms with Gasteiger partial charge < -0.3 is 24.6 Å². The molecular formula is C28H37N3O3. The minimum absolute atomic E-state index is 0.0192. The van der Waals surface area contributed by atoms with Gasteiger partial charge >= 0.3 is 0 Å². The number of likely N-dealkylation sites (tertiary alicyclic amines) is 1. The van der Waals surface area contributed by atoms with Crippen LogP contribution >= 0.6 is 0 Å². The van der Waals surface area contributed by atoms with E-state index < -0.39 is 0 Å². The van der Waals surface area contributed by atoms with Gasteiger partial charge in [0, 0.05) is 30.4 Å². The predicted octanol–water partition coefficient (Wildman–Crippen LogP) is 3.63. The number of piperidine rings is 1. The molecule has 1 atom stereocenters. The molecule has 182 valence electrons. The number of benzene rings is 2. The summed E-state index contributed by atoms with van der Waals surface area (Å²) in [4.78, 5) is 17.8. The molecule has 2 heterocycles. The molecule has 1 amide bonds. The molecule has 1 unspecified atom stereocenters. The van der Waals surface area contributed by atoms with Crippen LogP contribution in [0, 0.1) is 0 Å². The van der Waals surface area contributed by atoms with E-state index in [2.05, 4.69) is 46.4 Å². The van der Waals surface area contributed by atoms with Crippen LogP contribution in [-0.4, -0.2) is 70.4 Å². The van der Waals surface area contributed by atoms with Crippen LogP contribution in [0.5, 0.6) is 5.75 Å². The van der Waals surface area contributed by atoms with Crippen molar-refractivity contribution in [2.75, 3.05) is 58.5 Å². The van der Waals surface area contributed by atoms with E-state index in [-0.39, 0.29) is 11.9 Å². The summed E-state index contributed by atoms with van der Waals surface area (Å²) >= 11 is 0. The van der Waals surface area contributed by atoms with Crippen molar-refractivity contribution in [1.82, 2.24) is 10.2 Å². The summed E-state index contributed by atoms with van der Waals surface area (Å²) in [5.41, 5.74) is 6.11. The fourth-order valence-corrected chi connectivity index (χ4v) is 5.80. The smallest absolute Gasteiger partial charge is 0.251 e. The molecule has 6 heteroatoms. The Morgan fingerprint density at radius 2 is 1.71 bits per heavy atom. The molecule has 2 aromatic rings. The van der Waals surface area contributed by atoms with Crippen molar-refractivity contribution in [1.29, 1.82) is 0 Å². The first-order valence-electron chi connectivity index (χ1n) is 12.7. The molecule has 0 aromatic heterocycles. The second-order valence-corrected chi connectivity index (χ2v) is 9.95. The average molecular weight is 464 g/mol. The number of rotatable bonds is 5. The lowest BCUT2D eigenvalue weighted by Gasteiger charge is -2.34. The molecule has 2 fully saturated rings. The van der Waals surface area contributed by atoms with Crippen LogP contribution in [0.3, 0.4) is 0 Å². The number of anilines is 1. The summed E-state index contributed by atoms with van der Waals surface area (Å²) in [5.74, 6) is 1.61. The topological polar surface area (TPSA) is 54.0 Å². The number of hydrogen-bond acceptors (Lipinski definition) is 5. The van der Waals surface area contributed by atoms with Crippen molar-refractivity contribution in [2.45, 2.75) is 44.1 Å². The number of nitrogens with one attached hydrogen (secondary N) is 1. The minimum Gasteiger partial charge on any atom is -0.496 e. The summed E-state index contributed by atoms with van der Waals surface area (Å²) in [5, 5.41) is 3.33. The number of ether oxygens (including phenoxy) is 2. The van der Waals surface area contributed by atoms with E-state index in [1.54, 1.807) is 7.11 Å². The highest BCUT2D eigenvalue weighted by Crippen LogP contribution is 2.38. The fraction of sp³-hybridized carbons (Fsp3) is 0.536. The highest BCUT2D eigenvalue weighted by Gasteiger charge is 2.29. The monoisotopic (exact) mass is 463 g/mol. The molecule has 34 heavy (non-hydrogen) atoms. The molecule has 6 nitrogen and oxygen atoms in total. The Bertz CT molecular complexity index is 993. The van der Waals surface area contributed by atoms with Gasteiger partial charge in [-0.25, -0.2) is 0 Å². The Kier molecular flexibility index (Phi) is 7.07. The van der Waals surface area contributed by atoms with Crippen molar-refractivity contribution >= 4 is 11.6 Å². The zero-order valence-electron chi connectivity index (χ0n) is 20.5. The van der Waals surface area contributed by atoms with Crippen molar-refractivity contribution in [2.24, 2.45) is 0 Å². The van der Waals surface area contributed by atoms with Crippen LogP contribution in [0.1, 0.15) is 52.2 Å². The third-order valence-corrected chi connectivity index (χ3v) is 7.84. The largest absolute Gasteiger partial charge is 0.496 e. The van der Waals surface area contributed by atoms with Gasteiger partial charge in [-0.15, -0.1) is 0 Å². The number of nitrogens with zero attached hydrogens (tertiary/aromatic N) is 2. The molecule has 0 radical (unpaired) electrons. The number of hydrogen-bond donors (Lipinski definition) is 1. The molecule has 3 aliphatic rings. The van der Waals surface area contributed by atoms with E-state index in [0.717, 1.165) is 75.7 Å². The van der Waals surface area contributed by atoms with Gasteiger partial charge in [-0.3, -0.25) is 4.79 Å². The van der Waals surface area contributed by atoms with Crippen LogP contribution in [0.4, 0.5) is 5.69 Å². The molecule has 5 rings (SSSR count). The van der Waals surface area contributed by atoms with E-state index in [0.29, 0.717) is 5.92 Å².